The van der Waals surface area contributed by atoms with Gasteiger partial charge in [0.15, 0.2) is 5.78 Å². The molecular formula is C27H31NO4. The lowest BCUT2D eigenvalue weighted by molar-refractivity contribution is 0.0803. The quantitative estimate of drug-likeness (QED) is 0.441. The Labute approximate surface area is 188 Å². The summed E-state index contributed by atoms with van der Waals surface area (Å²) in [7, 11) is 0. The number of Topliss-reactive ketones (excluding diaryl/α,β-unsaturated/α-hetero) is 1. The van der Waals surface area contributed by atoms with Crippen molar-refractivity contribution < 1.29 is 15.0 Å². The number of fused-ring (bicyclic) bond motifs is 1. The summed E-state index contributed by atoms with van der Waals surface area (Å²) in [6.45, 7) is 6.32. The molecule has 1 fully saturated rings. The Morgan fingerprint density at radius 1 is 1.16 bits per heavy atom. The summed E-state index contributed by atoms with van der Waals surface area (Å²) in [5.41, 5.74) is 1.40. The second-order valence-electron chi connectivity index (χ2n) is 9.39. The number of aromatic hydroxyl groups is 2. The van der Waals surface area contributed by atoms with Crippen molar-refractivity contribution >= 4 is 5.78 Å². The molecule has 168 valence electrons. The number of phenolic OH excluding ortho intramolecular Hbond substituents is 1. The molecule has 0 bridgehead atoms. The standard InChI is InChI=1S/C27H31NO4/c1-4-5-20-21-12-15(2)6-11-19(21)16(3)13-22(20)25(30)24-26(31)23(14-28-27(24)32)17-7-9-18(29)10-8-17/h4-5,7-10,13-15,19-22,29H,6,11-12H2,1-3H3,(H2,28,31,32)/b5-4+/t15-,19?,20+,21-,22+/m0/s1. The maximum atomic E-state index is 13.8. The van der Waals surface area contributed by atoms with Crippen LogP contribution in [0.15, 0.2) is 59.1 Å². The zero-order valence-electron chi connectivity index (χ0n) is 18.8. The molecule has 2 aliphatic rings. The summed E-state index contributed by atoms with van der Waals surface area (Å²) in [4.78, 5) is 29.1. The first-order valence-corrected chi connectivity index (χ1v) is 11.4. The monoisotopic (exact) mass is 433 g/mol. The molecule has 0 spiro atoms. The SMILES string of the molecule is C/C=C/[C@H]1[C@H](C(=O)c2c(O)c(-c3ccc(O)cc3)c[nH]c2=O)C=C(C)C2CC[C@H](C)C[C@@H]21. The number of pyridine rings is 1. The number of allylic oxidation sites excluding steroid dienone is 4. The van der Waals surface area contributed by atoms with Crippen molar-refractivity contribution in [2.24, 2.45) is 29.6 Å². The minimum absolute atomic E-state index is 0.0000727. The van der Waals surface area contributed by atoms with Crippen LogP contribution in [0.1, 0.15) is 50.4 Å². The fraction of sp³-hybridized carbons (Fsp3) is 0.407. The van der Waals surface area contributed by atoms with E-state index < -0.39 is 11.5 Å². The second-order valence-corrected chi connectivity index (χ2v) is 9.39. The molecule has 0 aliphatic heterocycles. The van der Waals surface area contributed by atoms with Gasteiger partial charge in [0, 0.05) is 17.7 Å². The molecule has 1 heterocycles. The fourth-order valence-electron chi connectivity index (χ4n) is 5.71. The van der Waals surface area contributed by atoms with E-state index in [-0.39, 0.29) is 28.8 Å². The van der Waals surface area contributed by atoms with Crippen LogP contribution in [-0.2, 0) is 0 Å². The third-order valence-electron chi connectivity index (χ3n) is 7.31. The van der Waals surface area contributed by atoms with E-state index in [4.69, 9.17) is 0 Å². The maximum absolute atomic E-state index is 13.8. The highest BCUT2D eigenvalue weighted by atomic mass is 16.3. The van der Waals surface area contributed by atoms with Gasteiger partial charge in [0.2, 0.25) is 0 Å². The van der Waals surface area contributed by atoms with Gasteiger partial charge in [0.25, 0.3) is 5.56 Å². The Morgan fingerprint density at radius 3 is 2.56 bits per heavy atom. The number of ketones is 1. The Hall–Kier alpha value is -3.08. The van der Waals surface area contributed by atoms with Gasteiger partial charge >= 0.3 is 0 Å². The van der Waals surface area contributed by atoms with Gasteiger partial charge in [-0.15, -0.1) is 0 Å². The lowest BCUT2D eigenvalue weighted by atomic mass is 9.59. The largest absolute Gasteiger partial charge is 0.508 e. The van der Waals surface area contributed by atoms with Crippen LogP contribution < -0.4 is 5.56 Å². The van der Waals surface area contributed by atoms with Crippen LogP contribution in [0.25, 0.3) is 11.1 Å². The molecule has 2 aromatic rings. The molecule has 2 aliphatic carbocycles. The Balaban J connectivity index is 1.79. The molecule has 32 heavy (non-hydrogen) atoms. The Kier molecular flexibility index (Phi) is 6.09. The molecule has 1 aromatic heterocycles. The first-order valence-electron chi connectivity index (χ1n) is 11.4. The molecule has 5 atom stereocenters. The van der Waals surface area contributed by atoms with Crippen LogP contribution in [0.5, 0.6) is 11.5 Å². The molecule has 0 amide bonds. The van der Waals surface area contributed by atoms with E-state index in [1.54, 1.807) is 12.1 Å². The van der Waals surface area contributed by atoms with E-state index >= 15 is 0 Å². The number of aromatic nitrogens is 1. The zero-order chi connectivity index (χ0) is 23.0. The summed E-state index contributed by atoms with van der Waals surface area (Å²) >= 11 is 0. The molecule has 0 saturated heterocycles. The van der Waals surface area contributed by atoms with Gasteiger partial charge in [-0.05, 0) is 68.1 Å². The molecule has 1 saturated carbocycles. The maximum Gasteiger partial charge on any atom is 0.262 e. The first-order chi connectivity index (χ1) is 15.3. The van der Waals surface area contributed by atoms with E-state index in [1.807, 2.05) is 19.1 Å². The number of aromatic amines is 1. The predicted molar refractivity (Wildman–Crippen MR) is 126 cm³/mol. The highest BCUT2D eigenvalue weighted by Gasteiger charge is 2.43. The van der Waals surface area contributed by atoms with Crippen molar-refractivity contribution in [3.8, 4) is 22.6 Å². The average molecular weight is 434 g/mol. The van der Waals surface area contributed by atoms with Gasteiger partial charge in [-0.25, -0.2) is 0 Å². The molecule has 5 heteroatoms. The molecule has 1 unspecified atom stereocenters. The lowest BCUT2D eigenvalue weighted by Gasteiger charge is -2.45. The normalized spacial score (nSPS) is 27.7. The Bertz CT molecular complexity index is 1130. The number of phenols is 1. The number of carbonyl (C=O) groups excluding carboxylic acids is 1. The third kappa shape index (κ3) is 3.92. The van der Waals surface area contributed by atoms with Gasteiger partial charge in [0.05, 0.1) is 0 Å². The molecule has 3 N–H and O–H groups in total. The fourth-order valence-corrected chi connectivity index (χ4v) is 5.71. The summed E-state index contributed by atoms with van der Waals surface area (Å²) in [6, 6.07) is 6.28. The highest BCUT2D eigenvalue weighted by molar-refractivity contribution is 6.03. The molecule has 0 radical (unpaired) electrons. The minimum Gasteiger partial charge on any atom is -0.508 e. The van der Waals surface area contributed by atoms with Crippen molar-refractivity contribution in [1.29, 1.82) is 0 Å². The van der Waals surface area contributed by atoms with Gasteiger partial charge in [-0.3, -0.25) is 9.59 Å². The van der Waals surface area contributed by atoms with E-state index in [2.05, 4.69) is 24.9 Å². The van der Waals surface area contributed by atoms with Crippen LogP contribution in [0, 0.1) is 29.6 Å². The van der Waals surface area contributed by atoms with Crippen molar-refractivity contribution in [3.05, 3.63) is 70.2 Å². The second kappa shape index (κ2) is 8.81. The van der Waals surface area contributed by atoms with Crippen LogP contribution in [0.3, 0.4) is 0 Å². The molecule has 4 rings (SSSR count). The number of rotatable bonds is 4. The summed E-state index contributed by atoms with van der Waals surface area (Å²) < 4.78 is 0. The van der Waals surface area contributed by atoms with Gasteiger partial charge < -0.3 is 15.2 Å². The van der Waals surface area contributed by atoms with Crippen LogP contribution in [0.4, 0.5) is 0 Å². The van der Waals surface area contributed by atoms with E-state index in [0.717, 1.165) is 12.8 Å². The van der Waals surface area contributed by atoms with Crippen molar-refractivity contribution in [2.45, 2.75) is 40.0 Å². The van der Waals surface area contributed by atoms with Gasteiger partial charge in [-0.2, -0.15) is 0 Å². The van der Waals surface area contributed by atoms with E-state index in [1.165, 1.54) is 30.3 Å². The summed E-state index contributed by atoms with van der Waals surface area (Å²) in [5, 5.41) is 20.6. The zero-order valence-corrected chi connectivity index (χ0v) is 18.8. The van der Waals surface area contributed by atoms with Gasteiger partial charge in [0.1, 0.15) is 17.1 Å². The minimum atomic E-state index is -0.584. The predicted octanol–water partition coefficient (Wildman–Crippen LogP) is 5.46. The Morgan fingerprint density at radius 2 is 1.88 bits per heavy atom. The van der Waals surface area contributed by atoms with Crippen LogP contribution in [0.2, 0.25) is 0 Å². The van der Waals surface area contributed by atoms with E-state index in [0.29, 0.717) is 28.9 Å². The van der Waals surface area contributed by atoms with Crippen molar-refractivity contribution in [2.75, 3.05) is 0 Å². The smallest absolute Gasteiger partial charge is 0.262 e. The number of benzene rings is 1. The van der Waals surface area contributed by atoms with Crippen LogP contribution >= 0.6 is 0 Å². The van der Waals surface area contributed by atoms with Gasteiger partial charge in [-0.1, -0.05) is 49.3 Å². The highest BCUT2D eigenvalue weighted by Crippen LogP contribution is 2.49. The summed E-state index contributed by atoms with van der Waals surface area (Å²) in [6.07, 6.45) is 10.9. The third-order valence-corrected chi connectivity index (χ3v) is 7.31. The first kappa shape index (κ1) is 22.1. The lowest BCUT2D eigenvalue weighted by Crippen LogP contribution is -2.40. The van der Waals surface area contributed by atoms with E-state index in [9.17, 15) is 19.8 Å². The van der Waals surface area contributed by atoms with Crippen molar-refractivity contribution in [1.82, 2.24) is 4.98 Å². The average Bonchev–Trinajstić information content (AvgIpc) is 2.76. The number of nitrogens with one attached hydrogen (secondary N) is 1. The number of carbonyl (C=O) groups is 1. The topological polar surface area (TPSA) is 90.4 Å². The number of hydrogen-bond donors (Lipinski definition) is 3. The summed E-state index contributed by atoms with van der Waals surface area (Å²) in [5.74, 6) is 0.391. The number of hydrogen-bond acceptors (Lipinski definition) is 4. The molecular weight excluding hydrogens is 402 g/mol. The molecule has 5 nitrogen and oxygen atoms in total. The molecule has 1 aromatic carbocycles. The van der Waals surface area contributed by atoms with Crippen LogP contribution in [-0.4, -0.2) is 21.0 Å². The van der Waals surface area contributed by atoms with Crippen molar-refractivity contribution in [3.63, 3.8) is 0 Å². The number of H-pyrrole nitrogens is 1.